The number of benzene rings is 2. The second kappa shape index (κ2) is 6.09. The SMILES string of the molecule is CCCOc1ccc(Oc2ccc(F)cc2N)cc1. The van der Waals surface area contributed by atoms with Crippen LogP contribution in [0.1, 0.15) is 13.3 Å². The van der Waals surface area contributed by atoms with Gasteiger partial charge in [-0.15, -0.1) is 0 Å². The highest BCUT2D eigenvalue weighted by molar-refractivity contribution is 5.54. The number of rotatable bonds is 5. The fourth-order valence-electron chi connectivity index (χ4n) is 1.56. The molecule has 0 spiro atoms. The highest BCUT2D eigenvalue weighted by atomic mass is 19.1. The highest BCUT2D eigenvalue weighted by Gasteiger charge is 2.04. The van der Waals surface area contributed by atoms with Crippen LogP contribution >= 0.6 is 0 Å². The largest absolute Gasteiger partial charge is 0.494 e. The Kier molecular flexibility index (Phi) is 4.23. The van der Waals surface area contributed by atoms with Crippen LogP contribution < -0.4 is 15.2 Å². The molecule has 0 saturated heterocycles. The number of hydrogen-bond donors (Lipinski definition) is 1. The zero-order chi connectivity index (χ0) is 13.7. The molecule has 0 heterocycles. The van der Waals surface area contributed by atoms with Gasteiger partial charge in [-0.1, -0.05) is 6.92 Å². The second-order valence-corrected chi connectivity index (χ2v) is 4.10. The lowest BCUT2D eigenvalue weighted by Gasteiger charge is -2.09. The number of halogens is 1. The van der Waals surface area contributed by atoms with Gasteiger partial charge in [-0.2, -0.15) is 0 Å². The van der Waals surface area contributed by atoms with Gasteiger partial charge in [-0.3, -0.25) is 0 Å². The quantitative estimate of drug-likeness (QED) is 0.828. The fourth-order valence-corrected chi connectivity index (χ4v) is 1.56. The minimum absolute atomic E-state index is 0.270. The molecule has 2 rings (SSSR count). The first-order chi connectivity index (χ1) is 9.19. The predicted octanol–water partition coefficient (Wildman–Crippen LogP) is 3.99. The normalized spacial score (nSPS) is 10.2. The highest BCUT2D eigenvalue weighted by Crippen LogP contribution is 2.28. The van der Waals surface area contributed by atoms with Crippen molar-refractivity contribution in [2.24, 2.45) is 0 Å². The van der Waals surface area contributed by atoms with Crippen LogP contribution in [0.25, 0.3) is 0 Å². The summed E-state index contributed by atoms with van der Waals surface area (Å²) in [6.45, 7) is 2.74. The molecule has 0 aliphatic carbocycles. The molecule has 2 aromatic carbocycles. The summed E-state index contributed by atoms with van der Waals surface area (Å²) >= 11 is 0. The van der Waals surface area contributed by atoms with Crippen molar-refractivity contribution in [2.75, 3.05) is 12.3 Å². The van der Waals surface area contributed by atoms with E-state index in [-0.39, 0.29) is 11.5 Å². The molecule has 0 aliphatic heterocycles. The fraction of sp³-hybridized carbons (Fsp3) is 0.200. The number of nitrogen functional groups attached to an aromatic ring is 1. The molecule has 0 amide bonds. The van der Waals surface area contributed by atoms with Crippen molar-refractivity contribution in [3.05, 3.63) is 48.3 Å². The Labute approximate surface area is 111 Å². The van der Waals surface area contributed by atoms with Gasteiger partial charge in [0.2, 0.25) is 0 Å². The van der Waals surface area contributed by atoms with Gasteiger partial charge >= 0.3 is 0 Å². The standard InChI is InChI=1S/C15H16FNO2/c1-2-9-18-12-4-6-13(7-5-12)19-15-8-3-11(16)10-14(15)17/h3-8,10H,2,9,17H2,1H3. The third-order valence-electron chi connectivity index (χ3n) is 2.50. The zero-order valence-electron chi connectivity index (χ0n) is 10.7. The van der Waals surface area contributed by atoms with Crippen molar-refractivity contribution < 1.29 is 13.9 Å². The Balaban J connectivity index is 2.06. The summed E-state index contributed by atoms with van der Waals surface area (Å²) in [5.41, 5.74) is 5.94. The Morgan fingerprint density at radius 3 is 2.37 bits per heavy atom. The van der Waals surface area contributed by atoms with E-state index >= 15 is 0 Å². The summed E-state index contributed by atoms with van der Waals surface area (Å²) in [6.07, 6.45) is 0.963. The molecular weight excluding hydrogens is 245 g/mol. The Morgan fingerprint density at radius 1 is 1.05 bits per heavy atom. The maximum Gasteiger partial charge on any atom is 0.150 e. The van der Waals surface area contributed by atoms with Gasteiger partial charge in [-0.05, 0) is 42.8 Å². The summed E-state index contributed by atoms with van der Waals surface area (Å²) in [6, 6.07) is 11.3. The molecule has 2 aromatic rings. The van der Waals surface area contributed by atoms with Crippen molar-refractivity contribution in [1.82, 2.24) is 0 Å². The molecule has 0 fully saturated rings. The van der Waals surface area contributed by atoms with Crippen LogP contribution in [-0.4, -0.2) is 6.61 Å². The first-order valence-electron chi connectivity index (χ1n) is 6.15. The third-order valence-corrected chi connectivity index (χ3v) is 2.50. The van der Waals surface area contributed by atoms with Crippen LogP contribution in [0.3, 0.4) is 0 Å². The first-order valence-corrected chi connectivity index (χ1v) is 6.15. The molecule has 0 saturated carbocycles. The molecule has 0 bridgehead atoms. The van der Waals surface area contributed by atoms with Gasteiger partial charge in [-0.25, -0.2) is 4.39 Å². The predicted molar refractivity (Wildman–Crippen MR) is 73.1 cm³/mol. The smallest absolute Gasteiger partial charge is 0.150 e. The van der Waals surface area contributed by atoms with E-state index in [1.807, 2.05) is 12.1 Å². The van der Waals surface area contributed by atoms with E-state index in [0.29, 0.717) is 18.1 Å². The molecule has 0 radical (unpaired) electrons. The van der Waals surface area contributed by atoms with Crippen LogP contribution in [0.2, 0.25) is 0 Å². The van der Waals surface area contributed by atoms with Gasteiger partial charge in [0.05, 0.1) is 12.3 Å². The number of ether oxygens (including phenoxy) is 2. The number of nitrogens with two attached hydrogens (primary N) is 1. The van der Waals surface area contributed by atoms with Gasteiger partial charge in [0, 0.05) is 6.07 Å². The first kappa shape index (κ1) is 13.2. The van der Waals surface area contributed by atoms with Crippen LogP contribution in [0, 0.1) is 5.82 Å². The third kappa shape index (κ3) is 3.61. The minimum atomic E-state index is -0.381. The molecule has 0 aromatic heterocycles. The van der Waals surface area contributed by atoms with Crippen LogP contribution in [0.5, 0.6) is 17.2 Å². The van der Waals surface area contributed by atoms with Crippen molar-refractivity contribution in [1.29, 1.82) is 0 Å². The van der Waals surface area contributed by atoms with Gasteiger partial charge < -0.3 is 15.2 Å². The zero-order valence-corrected chi connectivity index (χ0v) is 10.7. The van der Waals surface area contributed by atoms with Crippen LogP contribution in [0.4, 0.5) is 10.1 Å². The van der Waals surface area contributed by atoms with Crippen molar-refractivity contribution in [3.8, 4) is 17.2 Å². The summed E-state index contributed by atoms with van der Waals surface area (Å²) in [4.78, 5) is 0. The molecule has 3 nitrogen and oxygen atoms in total. The Morgan fingerprint density at radius 2 is 1.74 bits per heavy atom. The average Bonchev–Trinajstić information content (AvgIpc) is 2.41. The molecule has 4 heteroatoms. The van der Waals surface area contributed by atoms with Crippen molar-refractivity contribution in [2.45, 2.75) is 13.3 Å². The summed E-state index contributed by atoms with van der Waals surface area (Å²) in [5, 5.41) is 0. The van der Waals surface area contributed by atoms with E-state index in [9.17, 15) is 4.39 Å². The lowest BCUT2D eigenvalue weighted by Crippen LogP contribution is -1.95. The molecular formula is C15H16FNO2. The van der Waals surface area contributed by atoms with E-state index < -0.39 is 0 Å². The van der Waals surface area contributed by atoms with E-state index in [1.165, 1.54) is 18.2 Å². The summed E-state index contributed by atoms with van der Waals surface area (Å²) < 4.78 is 24.0. The maximum atomic E-state index is 12.9. The van der Waals surface area contributed by atoms with Gasteiger partial charge in [0.15, 0.2) is 5.75 Å². The van der Waals surface area contributed by atoms with E-state index in [0.717, 1.165) is 12.2 Å². The van der Waals surface area contributed by atoms with E-state index in [2.05, 4.69) is 6.92 Å². The number of anilines is 1. The van der Waals surface area contributed by atoms with E-state index in [1.54, 1.807) is 12.1 Å². The summed E-state index contributed by atoms with van der Waals surface area (Å²) in [5.74, 6) is 1.47. The molecule has 0 aliphatic rings. The van der Waals surface area contributed by atoms with Crippen molar-refractivity contribution in [3.63, 3.8) is 0 Å². The minimum Gasteiger partial charge on any atom is -0.494 e. The monoisotopic (exact) mass is 261 g/mol. The Hall–Kier alpha value is -2.23. The van der Waals surface area contributed by atoms with E-state index in [4.69, 9.17) is 15.2 Å². The lowest BCUT2D eigenvalue weighted by molar-refractivity contribution is 0.317. The summed E-state index contributed by atoms with van der Waals surface area (Å²) in [7, 11) is 0. The molecule has 2 N–H and O–H groups in total. The number of hydrogen-bond acceptors (Lipinski definition) is 3. The molecule has 19 heavy (non-hydrogen) atoms. The van der Waals surface area contributed by atoms with Crippen LogP contribution in [0.15, 0.2) is 42.5 Å². The molecule has 0 unspecified atom stereocenters. The topological polar surface area (TPSA) is 44.5 Å². The second-order valence-electron chi connectivity index (χ2n) is 4.10. The average molecular weight is 261 g/mol. The maximum absolute atomic E-state index is 12.9. The Bertz CT molecular complexity index is 540. The van der Waals surface area contributed by atoms with Crippen molar-refractivity contribution >= 4 is 5.69 Å². The van der Waals surface area contributed by atoms with Crippen LogP contribution in [-0.2, 0) is 0 Å². The van der Waals surface area contributed by atoms with Gasteiger partial charge in [0.25, 0.3) is 0 Å². The molecule has 100 valence electrons. The molecule has 0 atom stereocenters. The lowest BCUT2D eigenvalue weighted by atomic mass is 10.3. The van der Waals surface area contributed by atoms with Gasteiger partial charge in [0.1, 0.15) is 17.3 Å².